The zero-order valence-corrected chi connectivity index (χ0v) is 12.6. The molecule has 0 fully saturated rings. The van der Waals surface area contributed by atoms with Crippen LogP contribution in [0.4, 0.5) is 11.4 Å². The van der Waals surface area contributed by atoms with E-state index in [4.69, 9.17) is 0 Å². The van der Waals surface area contributed by atoms with Gasteiger partial charge in [-0.15, -0.1) is 0 Å². The van der Waals surface area contributed by atoms with Crippen molar-refractivity contribution in [2.75, 3.05) is 10.6 Å². The number of nitrogens with zero attached hydrogens (tertiary/aromatic N) is 2. The van der Waals surface area contributed by atoms with Gasteiger partial charge >= 0.3 is 0 Å². The molecular weight excluding hydrogens is 264 g/mol. The lowest BCUT2D eigenvalue weighted by molar-refractivity contribution is -0.115. The standard InChI is InChI=1S/C16H20N4O/c1-4-16(21)20-13-6-5-11(2)14(9-13)19-12(3)15-10-17-7-8-18-15/h5-10,12,19H,4H2,1-3H3,(H,20,21). The van der Waals surface area contributed by atoms with Gasteiger partial charge in [0.15, 0.2) is 0 Å². The Morgan fingerprint density at radius 1 is 1.33 bits per heavy atom. The van der Waals surface area contributed by atoms with Gasteiger partial charge in [-0.1, -0.05) is 13.0 Å². The number of carbonyl (C=O) groups is 1. The number of rotatable bonds is 5. The summed E-state index contributed by atoms with van der Waals surface area (Å²) >= 11 is 0. The Morgan fingerprint density at radius 3 is 2.81 bits per heavy atom. The molecule has 2 aromatic rings. The Labute approximate surface area is 124 Å². The number of aryl methyl sites for hydroxylation is 1. The summed E-state index contributed by atoms with van der Waals surface area (Å²) in [5, 5.41) is 6.27. The van der Waals surface area contributed by atoms with Crippen molar-refractivity contribution in [3.63, 3.8) is 0 Å². The second-order valence-electron chi connectivity index (χ2n) is 4.93. The summed E-state index contributed by atoms with van der Waals surface area (Å²) in [7, 11) is 0. The summed E-state index contributed by atoms with van der Waals surface area (Å²) in [4.78, 5) is 19.8. The van der Waals surface area contributed by atoms with Crippen molar-refractivity contribution in [2.45, 2.75) is 33.2 Å². The lowest BCUT2D eigenvalue weighted by Crippen LogP contribution is -2.12. The molecule has 2 rings (SSSR count). The normalized spacial score (nSPS) is 11.8. The lowest BCUT2D eigenvalue weighted by Gasteiger charge is -2.17. The highest BCUT2D eigenvalue weighted by molar-refractivity contribution is 5.91. The molecule has 0 aliphatic rings. The SMILES string of the molecule is CCC(=O)Nc1ccc(C)c(NC(C)c2cnccn2)c1. The van der Waals surface area contributed by atoms with E-state index in [-0.39, 0.29) is 11.9 Å². The van der Waals surface area contributed by atoms with Crippen LogP contribution in [-0.4, -0.2) is 15.9 Å². The average Bonchev–Trinajstić information content (AvgIpc) is 2.51. The number of anilines is 2. The molecule has 110 valence electrons. The summed E-state index contributed by atoms with van der Waals surface area (Å²) in [6.45, 7) is 5.89. The number of carbonyl (C=O) groups excluding carboxylic acids is 1. The second-order valence-corrected chi connectivity index (χ2v) is 4.93. The van der Waals surface area contributed by atoms with E-state index in [0.717, 1.165) is 22.6 Å². The number of amides is 1. The molecule has 0 spiro atoms. The second kappa shape index (κ2) is 6.83. The summed E-state index contributed by atoms with van der Waals surface area (Å²) in [6.07, 6.45) is 5.54. The van der Waals surface area contributed by atoms with Crippen LogP contribution in [0.15, 0.2) is 36.8 Å². The van der Waals surface area contributed by atoms with Gasteiger partial charge in [0.05, 0.1) is 17.9 Å². The minimum absolute atomic E-state index is 0.00628. The Morgan fingerprint density at radius 2 is 2.14 bits per heavy atom. The third-order valence-electron chi connectivity index (χ3n) is 3.24. The largest absolute Gasteiger partial charge is 0.377 e. The predicted octanol–water partition coefficient (Wildman–Crippen LogP) is 3.31. The highest BCUT2D eigenvalue weighted by Gasteiger charge is 2.09. The van der Waals surface area contributed by atoms with E-state index in [1.165, 1.54) is 0 Å². The first-order chi connectivity index (χ1) is 10.1. The van der Waals surface area contributed by atoms with Crippen LogP contribution in [0.1, 0.15) is 37.6 Å². The van der Waals surface area contributed by atoms with Crippen LogP contribution < -0.4 is 10.6 Å². The van der Waals surface area contributed by atoms with Crippen LogP contribution in [0.3, 0.4) is 0 Å². The molecule has 0 saturated heterocycles. The predicted molar refractivity (Wildman–Crippen MR) is 84.2 cm³/mol. The molecule has 1 unspecified atom stereocenters. The van der Waals surface area contributed by atoms with Gasteiger partial charge in [0, 0.05) is 30.2 Å². The highest BCUT2D eigenvalue weighted by Crippen LogP contribution is 2.24. The Hall–Kier alpha value is -2.43. The van der Waals surface area contributed by atoms with Crippen molar-refractivity contribution in [3.05, 3.63) is 48.0 Å². The van der Waals surface area contributed by atoms with Crippen LogP contribution >= 0.6 is 0 Å². The fourth-order valence-electron chi connectivity index (χ4n) is 1.95. The molecule has 0 aliphatic heterocycles. The highest BCUT2D eigenvalue weighted by atomic mass is 16.1. The first kappa shape index (κ1) is 15.0. The van der Waals surface area contributed by atoms with Gasteiger partial charge in [-0.05, 0) is 31.5 Å². The van der Waals surface area contributed by atoms with Crippen LogP contribution in [-0.2, 0) is 4.79 Å². The summed E-state index contributed by atoms with van der Waals surface area (Å²) < 4.78 is 0. The minimum Gasteiger partial charge on any atom is -0.377 e. The molecule has 0 bridgehead atoms. The maximum Gasteiger partial charge on any atom is 0.224 e. The zero-order chi connectivity index (χ0) is 15.2. The molecule has 5 nitrogen and oxygen atoms in total. The lowest BCUT2D eigenvalue weighted by atomic mass is 10.1. The quantitative estimate of drug-likeness (QED) is 0.884. The van der Waals surface area contributed by atoms with Gasteiger partial charge in [-0.2, -0.15) is 0 Å². The van der Waals surface area contributed by atoms with E-state index in [1.807, 2.05) is 39.0 Å². The smallest absolute Gasteiger partial charge is 0.224 e. The van der Waals surface area contributed by atoms with E-state index in [0.29, 0.717) is 6.42 Å². The fourth-order valence-corrected chi connectivity index (χ4v) is 1.95. The van der Waals surface area contributed by atoms with E-state index >= 15 is 0 Å². The van der Waals surface area contributed by atoms with E-state index in [1.54, 1.807) is 18.6 Å². The number of aromatic nitrogens is 2. The maximum atomic E-state index is 11.5. The molecule has 1 aromatic heterocycles. The zero-order valence-electron chi connectivity index (χ0n) is 12.6. The van der Waals surface area contributed by atoms with Gasteiger partial charge < -0.3 is 10.6 Å². The van der Waals surface area contributed by atoms with Crippen LogP contribution in [0.25, 0.3) is 0 Å². The van der Waals surface area contributed by atoms with Crippen molar-refractivity contribution in [3.8, 4) is 0 Å². The summed E-state index contributed by atoms with van der Waals surface area (Å²) in [5.74, 6) is 0.00628. The van der Waals surface area contributed by atoms with E-state index < -0.39 is 0 Å². The van der Waals surface area contributed by atoms with Crippen LogP contribution in [0.2, 0.25) is 0 Å². The van der Waals surface area contributed by atoms with Gasteiger partial charge in [0.2, 0.25) is 5.91 Å². The first-order valence-electron chi connectivity index (χ1n) is 7.03. The van der Waals surface area contributed by atoms with Crippen molar-refractivity contribution in [1.29, 1.82) is 0 Å². The molecule has 1 aromatic carbocycles. The van der Waals surface area contributed by atoms with Gasteiger partial charge in [-0.25, -0.2) is 0 Å². The van der Waals surface area contributed by atoms with Crippen molar-refractivity contribution >= 4 is 17.3 Å². The van der Waals surface area contributed by atoms with Gasteiger partial charge in [-0.3, -0.25) is 14.8 Å². The Kier molecular flexibility index (Phi) is 4.87. The Bertz CT molecular complexity index is 613. The third-order valence-corrected chi connectivity index (χ3v) is 3.24. The molecule has 1 atom stereocenters. The average molecular weight is 284 g/mol. The van der Waals surface area contributed by atoms with Crippen molar-refractivity contribution in [1.82, 2.24) is 9.97 Å². The van der Waals surface area contributed by atoms with E-state index in [9.17, 15) is 4.79 Å². The first-order valence-corrected chi connectivity index (χ1v) is 7.03. The molecule has 21 heavy (non-hydrogen) atoms. The number of hydrogen-bond donors (Lipinski definition) is 2. The molecule has 1 heterocycles. The molecular formula is C16H20N4O. The molecule has 1 amide bonds. The Balaban J connectivity index is 2.15. The molecule has 0 radical (unpaired) electrons. The van der Waals surface area contributed by atoms with Crippen molar-refractivity contribution in [2.24, 2.45) is 0 Å². The molecule has 0 saturated carbocycles. The van der Waals surface area contributed by atoms with Crippen molar-refractivity contribution < 1.29 is 4.79 Å². The van der Waals surface area contributed by atoms with Crippen LogP contribution in [0.5, 0.6) is 0 Å². The van der Waals surface area contributed by atoms with Gasteiger partial charge in [0.1, 0.15) is 0 Å². The molecule has 2 N–H and O–H groups in total. The number of benzene rings is 1. The molecule has 5 heteroatoms. The maximum absolute atomic E-state index is 11.5. The molecule has 0 aliphatic carbocycles. The topological polar surface area (TPSA) is 66.9 Å². The van der Waals surface area contributed by atoms with E-state index in [2.05, 4.69) is 20.6 Å². The fraction of sp³-hybridized carbons (Fsp3) is 0.312. The number of hydrogen-bond acceptors (Lipinski definition) is 4. The third kappa shape index (κ3) is 4.02. The summed E-state index contributed by atoms with van der Waals surface area (Å²) in [6, 6.07) is 5.86. The minimum atomic E-state index is 0.00628. The van der Waals surface area contributed by atoms with Gasteiger partial charge in [0.25, 0.3) is 0 Å². The number of nitrogens with one attached hydrogen (secondary N) is 2. The summed E-state index contributed by atoms with van der Waals surface area (Å²) in [5.41, 5.74) is 3.75. The monoisotopic (exact) mass is 284 g/mol. The van der Waals surface area contributed by atoms with Crippen LogP contribution in [0, 0.1) is 6.92 Å².